The highest BCUT2D eigenvalue weighted by atomic mass is 35.5. The quantitative estimate of drug-likeness (QED) is 0.748. The van der Waals surface area contributed by atoms with Gasteiger partial charge >= 0.3 is 0 Å². The number of hydrogen-bond donors (Lipinski definition) is 1. The number of hydrogen-bond acceptors (Lipinski definition) is 2. The van der Waals surface area contributed by atoms with Gasteiger partial charge in [0.25, 0.3) is 0 Å². The molecule has 0 fully saturated rings. The number of anilines is 1. The molecule has 0 saturated heterocycles. The number of nitriles is 1. The van der Waals surface area contributed by atoms with E-state index in [2.05, 4.69) is 11.9 Å². The molecule has 0 aromatic heterocycles. The van der Waals surface area contributed by atoms with E-state index >= 15 is 0 Å². The van der Waals surface area contributed by atoms with Crippen LogP contribution < -0.4 is 5.32 Å². The first kappa shape index (κ1) is 9.63. The first-order chi connectivity index (χ1) is 6.24. The smallest absolute Gasteiger partial charge is 0.0959 e. The molecule has 0 aliphatic heterocycles. The van der Waals surface area contributed by atoms with Gasteiger partial charge in [-0.1, -0.05) is 30.3 Å². The summed E-state index contributed by atoms with van der Waals surface area (Å²) in [5, 5.41) is 12.1. The van der Waals surface area contributed by atoms with Crippen molar-refractivity contribution in [3.63, 3.8) is 0 Å². The first-order valence-corrected chi connectivity index (χ1v) is 4.18. The number of rotatable bonds is 3. The number of nitrogens with one attached hydrogen (secondary N) is 1. The predicted octanol–water partition coefficient (Wildman–Crippen LogP) is 2.83. The van der Waals surface area contributed by atoms with Crippen LogP contribution in [0, 0.1) is 11.3 Å². The van der Waals surface area contributed by atoms with E-state index in [1.165, 1.54) is 0 Å². The maximum atomic E-state index is 8.46. The fourth-order valence-electron chi connectivity index (χ4n) is 0.846. The molecular weight excluding hydrogens is 184 g/mol. The van der Waals surface area contributed by atoms with Gasteiger partial charge in [0.05, 0.1) is 16.8 Å². The Morgan fingerprint density at radius 2 is 2.23 bits per heavy atom. The summed E-state index contributed by atoms with van der Waals surface area (Å²) < 4.78 is 0. The standard InChI is InChI=1S/C10H9ClN2/c1-8(6-12)7-13-10-5-3-2-4-9(10)11/h2-5,13H,1,7H2. The zero-order valence-electron chi connectivity index (χ0n) is 7.05. The number of benzene rings is 1. The van der Waals surface area contributed by atoms with Crippen molar-refractivity contribution in [3.05, 3.63) is 41.4 Å². The van der Waals surface area contributed by atoms with Gasteiger partial charge in [0.1, 0.15) is 0 Å². The summed E-state index contributed by atoms with van der Waals surface area (Å²) in [5.41, 5.74) is 1.31. The molecule has 1 aromatic rings. The topological polar surface area (TPSA) is 35.8 Å². The highest BCUT2D eigenvalue weighted by molar-refractivity contribution is 6.33. The molecule has 1 rings (SSSR count). The van der Waals surface area contributed by atoms with E-state index in [-0.39, 0.29) is 0 Å². The Hall–Kier alpha value is -1.46. The van der Waals surface area contributed by atoms with Crippen LogP contribution in [0.5, 0.6) is 0 Å². The summed E-state index contributed by atoms with van der Waals surface area (Å²) in [6.07, 6.45) is 0. The molecular formula is C10H9ClN2. The molecule has 0 saturated carbocycles. The minimum atomic E-state index is 0.431. The Morgan fingerprint density at radius 3 is 2.85 bits per heavy atom. The number of halogens is 1. The van der Waals surface area contributed by atoms with Crippen LogP contribution in [0.4, 0.5) is 5.69 Å². The number of para-hydroxylation sites is 1. The molecule has 1 aromatic carbocycles. The largest absolute Gasteiger partial charge is 0.379 e. The van der Waals surface area contributed by atoms with Crippen molar-refractivity contribution >= 4 is 17.3 Å². The van der Waals surface area contributed by atoms with Crippen LogP contribution in [0.25, 0.3) is 0 Å². The van der Waals surface area contributed by atoms with Gasteiger partial charge < -0.3 is 5.32 Å². The molecule has 0 heterocycles. The Morgan fingerprint density at radius 1 is 1.54 bits per heavy atom. The van der Waals surface area contributed by atoms with Crippen LogP contribution in [0.1, 0.15) is 0 Å². The van der Waals surface area contributed by atoms with E-state index < -0.39 is 0 Å². The third-order valence-electron chi connectivity index (χ3n) is 1.52. The molecule has 3 heteroatoms. The molecule has 1 N–H and O–H groups in total. The molecule has 0 radical (unpaired) electrons. The third-order valence-corrected chi connectivity index (χ3v) is 1.85. The van der Waals surface area contributed by atoms with E-state index in [1.54, 1.807) is 6.07 Å². The number of nitrogens with zero attached hydrogens (tertiary/aromatic N) is 1. The molecule has 0 spiro atoms. The van der Waals surface area contributed by atoms with Crippen LogP contribution in [-0.2, 0) is 0 Å². The van der Waals surface area contributed by atoms with Crippen molar-refractivity contribution in [2.45, 2.75) is 0 Å². The van der Waals surface area contributed by atoms with Crippen molar-refractivity contribution in [2.75, 3.05) is 11.9 Å². The lowest BCUT2D eigenvalue weighted by molar-refractivity contribution is 1.27. The van der Waals surface area contributed by atoms with Gasteiger partial charge in [-0.25, -0.2) is 0 Å². The molecule has 0 unspecified atom stereocenters. The van der Waals surface area contributed by atoms with Gasteiger partial charge in [0.2, 0.25) is 0 Å². The summed E-state index contributed by atoms with van der Waals surface area (Å²) in [4.78, 5) is 0. The second-order valence-electron chi connectivity index (χ2n) is 2.55. The van der Waals surface area contributed by atoms with Crippen molar-refractivity contribution in [2.24, 2.45) is 0 Å². The van der Waals surface area contributed by atoms with Gasteiger partial charge in [-0.05, 0) is 12.1 Å². The molecule has 0 amide bonds. The van der Waals surface area contributed by atoms with Gasteiger partial charge in [-0.2, -0.15) is 5.26 Å². The normalized spacial score (nSPS) is 8.92. The zero-order valence-corrected chi connectivity index (χ0v) is 7.80. The molecule has 0 aliphatic rings. The summed E-state index contributed by atoms with van der Waals surface area (Å²) in [5.74, 6) is 0. The second-order valence-corrected chi connectivity index (χ2v) is 2.96. The highest BCUT2D eigenvalue weighted by Gasteiger charge is 1.97. The maximum absolute atomic E-state index is 8.46. The van der Waals surface area contributed by atoms with E-state index in [0.717, 1.165) is 5.69 Å². The van der Waals surface area contributed by atoms with Crippen LogP contribution in [0.15, 0.2) is 36.4 Å². The Balaban J connectivity index is 2.61. The molecule has 2 nitrogen and oxygen atoms in total. The minimum absolute atomic E-state index is 0.431. The highest BCUT2D eigenvalue weighted by Crippen LogP contribution is 2.20. The third kappa shape index (κ3) is 2.81. The predicted molar refractivity (Wildman–Crippen MR) is 54.7 cm³/mol. The van der Waals surface area contributed by atoms with Gasteiger partial charge in [-0.15, -0.1) is 0 Å². The van der Waals surface area contributed by atoms with Crippen LogP contribution in [0.2, 0.25) is 5.02 Å². The van der Waals surface area contributed by atoms with Crippen LogP contribution in [0.3, 0.4) is 0 Å². The first-order valence-electron chi connectivity index (χ1n) is 3.80. The zero-order chi connectivity index (χ0) is 9.68. The lowest BCUT2D eigenvalue weighted by Crippen LogP contribution is -2.02. The van der Waals surface area contributed by atoms with Gasteiger partial charge in [-0.3, -0.25) is 0 Å². The van der Waals surface area contributed by atoms with E-state index in [0.29, 0.717) is 17.1 Å². The average Bonchev–Trinajstić information content (AvgIpc) is 2.16. The van der Waals surface area contributed by atoms with Crippen molar-refractivity contribution < 1.29 is 0 Å². The minimum Gasteiger partial charge on any atom is -0.379 e. The second kappa shape index (κ2) is 4.54. The Labute approximate surface area is 82.4 Å². The lowest BCUT2D eigenvalue weighted by Gasteiger charge is -2.05. The monoisotopic (exact) mass is 192 g/mol. The van der Waals surface area contributed by atoms with Crippen LogP contribution in [-0.4, -0.2) is 6.54 Å². The molecule has 0 bridgehead atoms. The molecule has 13 heavy (non-hydrogen) atoms. The molecule has 66 valence electrons. The van der Waals surface area contributed by atoms with E-state index in [1.807, 2.05) is 24.3 Å². The van der Waals surface area contributed by atoms with E-state index in [9.17, 15) is 0 Å². The molecule has 0 atom stereocenters. The fraction of sp³-hybridized carbons (Fsp3) is 0.100. The van der Waals surface area contributed by atoms with Gasteiger partial charge in [0.15, 0.2) is 0 Å². The summed E-state index contributed by atoms with van der Waals surface area (Å²) in [6.45, 7) is 3.98. The lowest BCUT2D eigenvalue weighted by atomic mass is 10.3. The summed E-state index contributed by atoms with van der Waals surface area (Å²) >= 11 is 5.88. The van der Waals surface area contributed by atoms with Crippen molar-refractivity contribution in [1.29, 1.82) is 5.26 Å². The fourth-order valence-corrected chi connectivity index (χ4v) is 1.05. The Bertz CT molecular complexity index is 352. The van der Waals surface area contributed by atoms with Crippen molar-refractivity contribution in [3.8, 4) is 6.07 Å². The van der Waals surface area contributed by atoms with Crippen LogP contribution >= 0.6 is 11.6 Å². The summed E-state index contributed by atoms with van der Waals surface area (Å²) in [6, 6.07) is 9.33. The maximum Gasteiger partial charge on any atom is 0.0959 e. The van der Waals surface area contributed by atoms with Crippen molar-refractivity contribution in [1.82, 2.24) is 0 Å². The summed E-state index contributed by atoms with van der Waals surface area (Å²) in [7, 11) is 0. The molecule has 0 aliphatic carbocycles. The Kier molecular flexibility index (Phi) is 3.36. The van der Waals surface area contributed by atoms with E-state index in [4.69, 9.17) is 16.9 Å². The van der Waals surface area contributed by atoms with Gasteiger partial charge in [0, 0.05) is 12.1 Å². The SMILES string of the molecule is C=C(C#N)CNc1ccccc1Cl. The average molecular weight is 193 g/mol.